The van der Waals surface area contributed by atoms with Crippen LogP contribution in [0, 0.1) is 5.92 Å². The standard InChI is InChI=1S/C17H23N3O2S/c1-10-3-4-12-13(9-10)23-15-14(12)16(21)20(17(22)18-15)11-5-7-19(2)8-6-11/h10-11H,3-9H2,1-2H3,(H,18,22). The Morgan fingerprint density at radius 1 is 1.17 bits per heavy atom. The van der Waals surface area contributed by atoms with Gasteiger partial charge in [-0.05, 0) is 63.7 Å². The first-order chi connectivity index (χ1) is 11.0. The summed E-state index contributed by atoms with van der Waals surface area (Å²) in [7, 11) is 2.09. The highest BCUT2D eigenvalue weighted by Gasteiger charge is 2.26. The van der Waals surface area contributed by atoms with Gasteiger partial charge in [0.25, 0.3) is 5.56 Å². The number of hydrogen-bond donors (Lipinski definition) is 1. The molecule has 1 atom stereocenters. The first-order valence-electron chi connectivity index (χ1n) is 8.52. The van der Waals surface area contributed by atoms with Gasteiger partial charge in [0.05, 0.1) is 5.39 Å². The van der Waals surface area contributed by atoms with Gasteiger partial charge in [0, 0.05) is 10.9 Å². The average Bonchev–Trinajstić information content (AvgIpc) is 2.86. The number of H-pyrrole nitrogens is 1. The van der Waals surface area contributed by atoms with Crippen LogP contribution in [-0.2, 0) is 12.8 Å². The summed E-state index contributed by atoms with van der Waals surface area (Å²) < 4.78 is 1.50. The van der Waals surface area contributed by atoms with Gasteiger partial charge >= 0.3 is 5.69 Å². The number of nitrogens with one attached hydrogen (secondary N) is 1. The highest BCUT2D eigenvalue weighted by molar-refractivity contribution is 7.18. The lowest BCUT2D eigenvalue weighted by Gasteiger charge is -2.29. The van der Waals surface area contributed by atoms with Gasteiger partial charge in [-0.2, -0.15) is 0 Å². The van der Waals surface area contributed by atoms with Gasteiger partial charge in [-0.3, -0.25) is 14.3 Å². The van der Waals surface area contributed by atoms with Crippen LogP contribution in [0.2, 0.25) is 0 Å². The zero-order valence-electron chi connectivity index (χ0n) is 13.7. The lowest BCUT2D eigenvalue weighted by Crippen LogP contribution is -2.42. The second kappa shape index (κ2) is 5.60. The maximum absolute atomic E-state index is 13.1. The van der Waals surface area contributed by atoms with Crippen LogP contribution in [0.4, 0.5) is 0 Å². The van der Waals surface area contributed by atoms with E-state index in [1.807, 2.05) is 0 Å². The Labute approximate surface area is 138 Å². The smallest absolute Gasteiger partial charge is 0.306 e. The molecule has 0 saturated carbocycles. The number of aromatic amines is 1. The minimum absolute atomic E-state index is 0.0323. The number of piperidine rings is 1. The van der Waals surface area contributed by atoms with E-state index in [0.717, 1.165) is 55.4 Å². The second-order valence-corrected chi connectivity index (χ2v) is 8.30. The molecule has 0 amide bonds. The molecule has 0 aromatic carbocycles. The Kier molecular flexibility index (Phi) is 3.69. The van der Waals surface area contributed by atoms with E-state index in [4.69, 9.17) is 0 Å². The predicted molar refractivity (Wildman–Crippen MR) is 93.7 cm³/mol. The molecular weight excluding hydrogens is 310 g/mol. The molecule has 1 aliphatic heterocycles. The first kappa shape index (κ1) is 15.1. The zero-order chi connectivity index (χ0) is 16.1. The summed E-state index contributed by atoms with van der Waals surface area (Å²) in [5, 5.41) is 0.787. The van der Waals surface area contributed by atoms with Crippen LogP contribution in [0.1, 0.15) is 42.7 Å². The SMILES string of the molecule is CC1CCc2c(sc3[nH]c(=O)n(C4CCN(C)CC4)c(=O)c23)C1. The number of aromatic nitrogens is 2. The number of hydrogen-bond acceptors (Lipinski definition) is 4. The highest BCUT2D eigenvalue weighted by Crippen LogP contribution is 2.35. The lowest BCUT2D eigenvalue weighted by atomic mass is 9.89. The van der Waals surface area contributed by atoms with Crippen molar-refractivity contribution in [3.05, 3.63) is 31.3 Å². The van der Waals surface area contributed by atoms with Gasteiger partial charge in [0.1, 0.15) is 4.83 Å². The quantitative estimate of drug-likeness (QED) is 0.870. The first-order valence-corrected chi connectivity index (χ1v) is 9.34. The summed E-state index contributed by atoms with van der Waals surface area (Å²) in [5.41, 5.74) is 0.903. The van der Waals surface area contributed by atoms with E-state index in [2.05, 4.69) is 23.9 Å². The molecule has 3 heterocycles. The summed E-state index contributed by atoms with van der Waals surface area (Å²) in [6.07, 6.45) is 4.86. The molecule has 0 radical (unpaired) electrons. The Hall–Kier alpha value is -1.40. The Balaban J connectivity index is 1.86. The molecule has 6 heteroatoms. The minimum atomic E-state index is -0.233. The number of likely N-dealkylation sites (tertiary alicyclic amines) is 1. The van der Waals surface area contributed by atoms with E-state index >= 15 is 0 Å². The van der Waals surface area contributed by atoms with Crippen molar-refractivity contribution in [2.75, 3.05) is 20.1 Å². The fraction of sp³-hybridized carbons (Fsp3) is 0.647. The molecule has 0 spiro atoms. The topological polar surface area (TPSA) is 58.1 Å². The van der Waals surface area contributed by atoms with E-state index in [1.165, 1.54) is 15.0 Å². The average molecular weight is 333 g/mol. The van der Waals surface area contributed by atoms with Crippen molar-refractivity contribution in [1.82, 2.24) is 14.5 Å². The van der Waals surface area contributed by atoms with Crippen molar-refractivity contribution in [3.63, 3.8) is 0 Å². The summed E-state index contributed by atoms with van der Waals surface area (Å²) >= 11 is 1.61. The van der Waals surface area contributed by atoms with Gasteiger partial charge in [-0.25, -0.2) is 4.79 Å². The summed E-state index contributed by atoms with van der Waals surface area (Å²) in [5.74, 6) is 0.665. The second-order valence-electron chi connectivity index (χ2n) is 7.20. The van der Waals surface area contributed by atoms with Crippen molar-refractivity contribution in [2.24, 2.45) is 5.92 Å². The number of nitrogens with zero attached hydrogens (tertiary/aromatic N) is 2. The van der Waals surface area contributed by atoms with Crippen LogP contribution in [0.3, 0.4) is 0 Å². The molecule has 1 N–H and O–H groups in total. The monoisotopic (exact) mass is 333 g/mol. The molecule has 0 bridgehead atoms. The number of aryl methyl sites for hydroxylation is 1. The van der Waals surface area contributed by atoms with Gasteiger partial charge in [0.15, 0.2) is 0 Å². The van der Waals surface area contributed by atoms with Crippen LogP contribution in [0.25, 0.3) is 10.2 Å². The third-order valence-corrected chi connectivity index (χ3v) is 6.61. The molecular formula is C17H23N3O2S. The molecule has 4 rings (SSSR count). The molecule has 2 aromatic rings. The molecule has 124 valence electrons. The van der Waals surface area contributed by atoms with Crippen LogP contribution < -0.4 is 11.2 Å². The van der Waals surface area contributed by atoms with Gasteiger partial charge < -0.3 is 4.90 Å². The zero-order valence-corrected chi connectivity index (χ0v) is 14.5. The van der Waals surface area contributed by atoms with Crippen LogP contribution in [0.15, 0.2) is 9.59 Å². The largest absolute Gasteiger partial charge is 0.329 e. The van der Waals surface area contributed by atoms with E-state index < -0.39 is 0 Å². The summed E-state index contributed by atoms with van der Waals surface area (Å²) in [4.78, 5) is 32.9. The van der Waals surface area contributed by atoms with E-state index in [0.29, 0.717) is 5.92 Å². The van der Waals surface area contributed by atoms with Crippen molar-refractivity contribution < 1.29 is 0 Å². The van der Waals surface area contributed by atoms with E-state index in [9.17, 15) is 9.59 Å². The van der Waals surface area contributed by atoms with Crippen molar-refractivity contribution >= 4 is 21.6 Å². The number of fused-ring (bicyclic) bond motifs is 3. The maximum atomic E-state index is 13.1. The summed E-state index contributed by atoms with van der Waals surface area (Å²) in [6.45, 7) is 4.13. The lowest BCUT2D eigenvalue weighted by molar-refractivity contribution is 0.216. The normalized spacial score (nSPS) is 23.3. The Morgan fingerprint density at radius 2 is 1.91 bits per heavy atom. The van der Waals surface area contributed by atoms with Crippen LogP contribution >= 0.6 is 11.3 Å². The molecule has 1 unspecified atom stereocenters. The minimum Gasteiger partial charge on any atom is -0.306 e. The Morgan fingerprint density at radius 3 is 2.65 bits per heavy atom. The fourth-order valence-corrected chi connectivity index (χ4v) is 5.41. The van der Waals surface area contributed by atoms with E-state index in [1.54, 1.807) is 11.3 Å². The third-order valence-electron chi connectivity index (χ3n) is 5.44. The van der Waals surface area contributed by atoms with Gasteiger partial charge in [0.2, 0.25) is 0 Å². The van der Waals surface area contributed by atoms with Crippen molar-refractivity contribution in [3.8, 4) is 0 Å². The number of rotatable bonds is 1. The molecule has 2 aliphatic rings. The van der Waals surface area contributed by atoms with Crippen molar-refractivity contribution in [2.45, 2.75) is 45.1 Å². The van der Waals surface area contributed by atoms with E-state index in [-0.39, 0.29) is 17.3 Å². The Bertz CT molecular complexity index is 855. The molecule has 23 heavy (non-hydrogen) atoms. The molecule has 5 nitrogen and oxygen atoms in total. The number of thiophene rings is 1. The molecule has 2 aromatic heterocycles. The summed E-state index contributed by atoms with van der Waals surface area (Å²) in [6, 6.07) is 0.0323. The molecule has 1 saturated heterocycles. The highest BCUT2D eigenvalue weighted by atomic mass is 32.1. The maximum Gasteiger partial charge on any atom is 0.329 e. The van der Waals surface area contributed by atoms with Crippen molar-refractivity contribution in [1.29, 1.82) is 0 Å². The van der Waals surface area contributed by atoms with Crippen LogP contribution in [0.5, 0.6) is 0 Å². The fourth-order valence-electron chi connectivity index (χ4n) is 4.02. The third kappa shape index (κ3) is 2.48. The van der Waals surface area contributed by atoms with Crippen LogP contribution in [-0.4, -0.2) is 34.6 Å². The predicted octanol–water partition coefficient (Wildman–Crippen LogP) is 2.14. The molecule has 1 fully saturated rings. The molecule has 1 aliphatic carbocycles. The van der Waals surface area contributed by atoms with Gasteiger partial charge in [-0.1, -0.05) is 6.92 Å². The van der Waals surface area contributed by atoms with Gasteiger partial charge in [-0.15, -0.1) is 11.3 Å².